The average molecular weight is 849 g/mol. The van der Waals surface area contributed by atoms with Gasteiger partial charge in [0.25, 0.3) is 0 Å². The van der Waals surface area contributed by atoms with Crippen molar-refractivity contribution in [3.63, 3.8) is 0 Å². The third-order valence-electron chi connectivity index (χ3n) is 10.1. The first-order valence-corrected chi connectivity index (χ1v) is 18.6. The average Bonchev–Trinajstić information content (AvgIpc) is 3.04. The van der Waals surface area contributed by atoms with Gasteiger partial charge >= 0.3 is 0 Å². The molecule has 0 unspecified atom stereocenters. The fourth-order valence-electron chi connectivity index (χ4n) is 7.47. The highest BCUT2D eigenvalue weighted by molar-refractivity contribution is 14.1. The Balaban J connectivity index is 1.68. The third kappa shape index (κ3) is 4.85. The minimum Gasteiger partial charge on any atom is -0.399 e. The smallest absolute Gasteiger partial charge is 0.0320 e. The first-order chi connectivity index (χ1) is 22.7. The molecule has 48 heavy (non-hydrogen) atoms. The summed E-state index contributed by atoms with van der Waals surface area (Å²) in [7, 11) is 0. The lowest BCUT2D eigenvalue weighted by molar-refractivity contribution is 0.591. The second-order valence-electron chi connectivity index (χ2n) is 15.3. The van der Waals surface area contributed by atoms with Crippen LogP contribution in [0, 0.1) is 7.14 Å². The first kappa shape index (κ1) is 31.6. The van der Waals surface area contributed by atoms with Gasteiger partial charge in [0.15, 0.2) is 0 Å². The summed E-state index contributed by atoms with van der Waals surface area (Å²) < 4.78 is 2.49. The van der Waals surface area contributed by atoms with Gasteiger partial charge in [-0.2, -0.15) is 0 Å². The topological polar surface area (TPSA) is 52.0 Å². The van der Waals surface area contributed by atoms with Crippen LogP contribution in [0.1, 0.15) is 52.7 Å². The Labute approximate surface area is 309 Å². The van der Waals surface area contributed by atoms with Crippen LogP contribution in [0.2, 0.25) is 0 Å². The first-order valence-electron chi connectivity index (χ1n) is 16.5. The lowest BCUT2D eigenvalue weighted by Crippen LogP contribution is -2.11. The lowest BCUT2D eigenvalue weighted by atomic mass is 9.81. The highest BCUT2D eigenvalue weighted by Crippen LogP contribution is 2.51. The van der Waals surface area contributed by atoms with E-state index < -0.39 is 0 Å². The second-order valence-corrected chi connectivity index (χ2v) is 17.5. The van der Waals surface area contributed by atoms with E-state index >= 15 is 0 Å². The van der Waals surface area contributed by atoms with Gasteiger partial charge in [-0.3, -0.25) is 0 Å². The Morgan fingerprint density at radius 2 is 0.750 bits per heavy atom. The quantitative estimate of drug-likeness (QED) is 0.0982. The van der Waals surface area contributed by atoms with Crippen LogP contribution in [-0.4, -0.2) is 0 Å². The summed E-state index contributed by atoms with van der Waals surface area (Å²) in [6, 6.07) is 35.9. The number of halogens is 2. The molecular formula is C44H38I2N2. The molecule has 8 aromatic rings. The third-order valence-corrected chi connectivity index (χ3v) is 12.3. The zero-order valence-electron chi connectivity index (χ0n) is 28.1. The molecule has 0 saturated heterocycles. The molecule has 0 radical (unpaired) electrons. The number of nitrogens with two attached hydrogens (primary N) is 2. The van der Waals surface area contributed by atoms with Crippen molar-refractivity contribution in [2.45, 2.75) is 52.4 Å². The van der Waals surface area contributed by atoms with Crippen LogP contribution in [0.25, 0.3) is 75.8 Å². The van der Waals surface area contributed by atoms with Gasteiger partial charge in [-0.15, -0.1) is 0 Å². The monoisotopic (exact) mass is 848 g/mol. The van der Waals surface area contributed by atoms with Gasteiger partial charge in [0.1, 0.15) is 0 Å². The molecule has 0 spiro atoms. The molecule has 0 bridgehead atoms. The molecule has 0 saturated carbocycles. The molecule has 8 aromatic carbocycles. The molecule has 8 rings (SSSR count). The lowest BCUT2D eigenvalue weighted by Gasteiger charge is -2.24. The van der Waals surface area contributed by atoms with Crippen LogP contribution in [-0.2, 0) is 10.8 Å². The number of hydrogen-bond donors (Lipinski definition) is 2. The summed E-state index contributed by atoms with van der Waals surface area (Å²) in [5, 5.41) is 14.8. The Kier molecular flexibility index (Phi) is 7.21. The van der Waals surface area contributed by atoms with Crippen LogP contribution >= 0.6 is 45.2 Å². The van der Waals surface area contributed by atoms with Crippen molar-refractivity contribution >= 4 is 121 Å². The van der Waals surface area contributed by atoms with Crippen LogP contribution < -0.4 is 11.5 Å². The van der Waals surface area contributed by atoms with E-state index in [2.05, 4.69) is 172 Å². The molecule has 0 aliphatic carbocycles. The van der Waals surface area contributed by atoms with Gasteiger partial charge in [0.2, 0.25) is 0 Å². The highest BCUT2D eigenvalue weighted by Gasteiger charge is 2.26. The number of nitrogen functional groups attached to an aromatic ring is 2. The fraction of sp³-hybridized carbons (Fsp3) is 0.182. The second kappa shape index (κ2) is 10.9. The van der Waals surface area contributed by atoms with Crippen LogP contribution in [0.3, 0.4) is 0 Å². The van der Waals surface area contributed by atoms with Crippen molar-refractivity contribution in [2.75, 3.05) is 11.5 Å². The zero-order valence-corrected chi connectivity index (χ0v) is 32.5. The van der Waals surface area contributed by atoms with E-state index in [0.29, 0.717) is 0 Å². The number of hydrogen-bond acceptors (Lipinski definition) is 2. The minimum atomic E-state index is 0.0284. The molecule has 0 atom stereocenters. The maximum Gasteiger partial charge on any atom is 0.0320 e. The maximum absolute atomic E-state index is 6.55. The van der Waals surface area contributed by atoms with E-state index in [0.717, 1.165) is 11.4 Å². The summed E-state index contributed by atoms with van der Waals surface area (Å²) >= 11 is 5.25. The predicted octanol–water partition coefficient (Wildman–Crippen LogP) is 13.2. The summed E-state index contributed by atoms with van der Waals surface area (Å²) in [6.45, 7) is 13.7. The van der Waals surface area contributed by atoms with E-state index in [4.69, 9.17) is 11.5 Å². The summed E-state index contributed by atoms with van der Waals surface area (Å²) in [5.74, 6) is 0. The number of anilines is 2. The van der Waals surface area contributed by atoms with Crippen molar-refractivity contribution < 1.29 is 0 Å². The standard InChI is InChI=1S/C44H38I2N2/c1-43(2,3)25-11-17-31-35(19-25)29-15-9-23-7-13-27(47)21-33(23)37(29)39(41(31)45)40-38-30(16-10-24-8-14-28(48)22-34(24)38)36-20-26(44(4,5)6)12-18-32(36)42(40)46/h7-22H,47-48H2,1-6H3. The van der Waals surface area contributed by atoms with Crippen molar-refractivity contribution in [3.8, 4) is 11.1 Å². The predicted molar refractivity (Wildman–Crippen MR) is 229 cm³/mol. The van der Waals surface area contributed by atoms with Crippen molar-refractivity contribution in [2.24, 2.45) is 0 Å². The molecule has 238 valence electrons. The molecule has 4 heteroatoms. The molecular weight excluding hydrogens is 810 g/mol. The number of rotatable bonds is 1. The summed E-state index contributed by atoms with van der Waals surface area (Å²) in [6.07, 6.45) is 0. The Morgan fingerprint density at radius 1 is 0.396 bits per heavy atom. The van der Waals surface area contributed by atoms with Gasteiger partial charge in [-0.25, -0.2) is 0 Å². The fourth-order valence-corrected chi connectivity index (χ4v) is 9.49. The molecule has 0 aliphatic heterocycles. The summed E-state index contributed by atoms with van der Waals surface area (Å²) in [4.78, 5) is 0. The molecule has 0 heterocycles. The van der Waals surface area contributed by atoms with E-state index in [9.17, 15) is 0 Å². The van der Waals surface area contributed by atoms with Gasteiger partial charge in [0, 0.05) is 29.6 Å². The zero-order chi connectivity index (χ0) is 33.9. The molecule has 0 amide bonds. The van der Waals surface area contributed by atoms with Crippen LogP contribution in [0.4, 0.5) is 11.4 Å². The van der Waals surface area contributed by atoms with Crippen molar-refractivity contribution in [1.29, 1.82) is 0 Å². The number of fused-ring (bicyclic) bond motifs is 10. The van der Waals surface area contributed by atoms with Gasteiger partial charge in [-0.05, 0) is 168 Å². The Bertz CT molecular complexity index is 2490. The summed E-state index contributed by atoms with van der Waals surface area (Å²) in [5.41, 5.74) is 19.9. The van der Waals surface area contributed by atoms with E-state index in [1.807, 2.05) is 12.1 Å². The molecule has 4 N–H and O–H groups in total. The maximum atomic E-state index is 6.55. The molecule has 0 aliphatic rings. The molecule has 2 nitrogen and oxygen atoms in total. The largest absolute Gasteiger partial charge is 0.399 e. The Hall–Kier alpha value is -3.62. The van der Waals surface area contributed by atoms with Gasteiger partial charge < -0.3 is 11.5 Å². The van der Waals surface area contributed by atoms with Crippen molar-refractivity contribution in [1.82, 2.24) is 0 Å². The van der Waals surface area contributed by atoms with Crippen molar-refractivity contribution in [3.05, 3.63) is 115 Å². The van der Waals surface area contributed by atoms with E-state index in [1.165, 1.54) is 94.0 Å². The normalized spacial score (nSPS) is 12.8. The molecule has 0 fully saturated rings. The minimum absolute atomic E-state index is 0.0284. The number of benzene rings is 8. The molecule has 0 aromatic heterocycles. The Morgan fingerprint density at radius 3 is 1.12 bits per heavy atom. The van der Waals surface area contributed by atoms with E-state index in [1.54, 1.807) is 0 Å². The highest BCUT2D eigenvalue weighted by atomic mass is 127. The van der Waals surface area contributed by atoms with E-state index in [-0.39, 0.29) is 10.8 Å². The van der Waals surface area contributed by atoms with Crippen LogP contribution in [0.15, 0.2) is 97.1 Å². The van der Waals surface area contributed by atoms with Gasteiger partial charge in [-0.1, -0.05) is 102 Å². The van der Waals surface area contributed by atoms with Gasteiger partial charge in [0.05, 0.1) is 0 Å². The SMILES string of the molecule is CC(C)(C)c1ccc2c(I)c(-c3c(I)c4ccc(C(C)(C)C)cc4c4ccc5ccc(N)cc5c34)c3c4cc(N)ccc4ccc3c2c1. The van der Waals surface area contributed by atoms with Crippen LogP contribution in [0.5, 0.6) is 0 Å².